The number of hydrogen-bond donors (Lipinski definition) is 4. The molecule has 4 rings (SSSR count). The number of ether oxygens (including phenoxy) is 8. The number of hydrogen-bond acceptors (Lipinski definition) is 17. The summed E-state index contributed by atoms with van der Waals surface area (Å²) in [4.78, 5) is 12.2. The average Bonchev–Trinajstić information content (AvgIpc) is 3.56. The number of anilines is 1. The molecule has 428 valence electrons. The Morgan fingerprint density at radius 3 is 1.80 bits per heavy atom. The largest absolute Gasteiger partial charge is 0.481 e. The third kappa shape index (κ3) is 22.6. The molecule has 22 nitrogen and oxygen atoms in total. The second kappa shape index (κ2) is 31.4. The Balaban J connectivity index is 1.65. The van der Waals surface area contributed by atoms with E-state index in [1.807, 2.05) is 79.7 Å². The summed E-state index contributed by atoms with van der Waals surface area (Å²) in [6.45, 7) is 13.3. The number of benzene rings is 2. The number of allylic oxidation sites excluding steroid dienone is 3. The molecule has 1 aromatic rings. The Labute approximate surface area is 447 Å². The van der Waals surface area contributed by atoms with Gasteiger partial charge in [0.1, 0.15) is 24.7 Å². The minimum atomic E-state index is -4.63. The van der Waals surface area contributed by atoms with Crippen LogP contribution in [0, 0.1) is 0 Å². The maximum atomic E-state index is 12.5. The number of methoxy groups -OCH3 is 1. The maximum absolute atomic E-state index is 12.5. The smallest absolute Gasteiger partial charge is 0.305 e. The zero-order chi connectivity index (χ0) is 55.8. The molecular formula is C51H77N2O20S3+. The molecule has 0 aromatic heterocycles. The van der Waals surface area contributed by atoms with E-state index in [2.05, 4.69) is 0 Å². The number of fused-ring (bicyclic) bond motifs is 2. The summed E-state index contributed by atoms with van der Waals surface area (Å²) in [5.41, 5.74) is 1.89. The first-order valence-electron chi connectivity index (χ1n) is 25.0. The van der Waals surface area contributed by atoms with E-state index in [-0.39, 0.29) is 90.1 Å². The van der Waals surface area contributed by atoms with Gasteiger partial charge in [-0.25, -0.2) is 4.58 Å². The molecule has 0 bridgehead atoms. The van der Waals surface area contributed by atoms with Crippen LogP contribution in [0.3, 0.4) is 0 Å². The van der Waals surface area contributed by atoms with Crippen molar-refractivity contribution in [2.45, 2.75) is 69.1 Å². The Bertz CT molecular complexity index is 2740. The maximum Gasteiger partial charge on any atom is 0.305 e. The molecule has 1 aliphatic carbocycles. The van der Waals surface area contributed by atoms with E-state index >= 15 is 0 Å². The lowest BCUT2D eigenvalue weighted by molar-refractivity contribution is -0.138. The van der Waals surface area contributed by atoms with Crippen molar-refractivity contribution in [3.8, 4) is 11.3 Å². The highest BCUT2D eigenvalue weighted by Crippen LogP contribution is 2.51. The van der Waals surface area contributed by atoms with Gasteiger partial charge in [-0.15, -0.1) is 0 Å². The fraction of sp³-hybridized carbons (Fsp3) is 0.608. The van der Waals surface area contributed by atoms with Crippen LogP contribution in [0.2, 0.25) is 0 Å². The number of carboxylic acids is 1. The molecule has 0 fully saturated rings. The third-order valence-corrected chi connectivity index (χ3v) is 14.5. The predicted molar refractivity (Wildman–Crippen MR) is 284 cm³/mol. The van der Waals surface area contributed by atoms with Crippen molar-refractivity contribution in [3.05, 3.63) is 82.6 Å². The Morgan fingerprint density at radius 1 is 0.697 bits per heavy atom. The SMILES string of the molecule is COCCOCCOCCOCC[N+](CCCS(=O)(=O)O)=c1ccc2c(/C=C/C=C3\N(CCCS(=O)(=O)O)c4ccc(S(=O)(=O)O)cc4C3(C)CCOCCOCCOCCOCCC(=O)O)cc(C(C)(C)C)oc-2c1. The minimum Gasteiger partial charge on any atom is -0.481 e. The first kappa shape index (κ1) is 64.3. The van der Waals surface area contributed by atoms with Gasteiger partial charge in [0.05, 0.1) is 115 Å². The van der Waals surface area contributed by atoms with Gasteiger partial charge in [0.15, 0.2) is 6.54 Å². The first-order valence-corrected chi connectivity index (χ1v) is 29.7. The standard InChI is InChI=1S/C51H76N2O20S3/c1-50(2,3)48-37-40(43-13-11-41(38-46(43)73-48)52(17-7-35-74(56,57)58)19-22-68-27-30-72-32-31-69-24-23-65-5)9-6-10-47-51(4,16-21-67-26-29-71-34-33-70-28-25-66-20-15-49(54)55)44-39-42(76(62,63)64)12-14-45(44)53(47)18-8-36-75(59,60)61/h6,9-14,37-39H,7-8,15-36H2,1-5H3,(H3-,54,55,56,57,58,59,60,61,62,63,64)/p+1. The molecule has 1 atom stereocenters. The van der Waals surface area contributed by atoms with Crippen LogP contribution in [-0.4, -0.2) is 187 Å². The van der Waals surface area contributed by atoms with E-state index in [0.29, 0.717) is 87.7 Å². The second-order valence-electron chi connectivity index (χ2n) is 19.0. The molecule has 0 radical (unpaired) electrons. The zero-order valence-corrected chi connectivity index (χ0v) is 46.6. The summed E-state index contributed by atoms with van der Waals surface area (Å²) >= 11 is 0. The predicted octanol–water partition coefficient (Wildman–Crippen LogP) is 4.56. The Morgan fingerprint density at radius 2 is 1.25 bits per heavy atom. The highest BCUT2D eigenvalue weighted by Gasteiger charge is 2.44. The zero-order valence-electron chi connectivity index (χ0n) is 44.2. The molecule has 76 heavy (non-hydrogen) atoms. The third-order valence-electron chi connectivity index (χ3n) is 12.0. The second-order valence-corrected chi connectivity index (χ2v) is 23.6. The van der Waals surface area contributed by atoms with E-state index in [1.165, 1.54) is 12.1 Å². The fourth-order valence-electron chi connectivity index (χ4n) is 8.11. The molecule has 0 saturated heterocycles. The van der Waals surface area contributed by atoms with Crippen LogP contribution in [0.15, 0.2) is 69.6 Å². The van der Waals surface area contributed by atoms with Crippen LogP contribution < -0.4 is 14.8 Å². The Kier molecular flexibility index (Phi) is 26.6. The monoisotopic (exact) mass is 1130 g/mol. The van der Waals surface area contributed by atoms with E-state index in [1.54, 1.807) is 13.2 Å². The Hall–Kier alpha value is -4.19. The molecule has 3 aliphatic rings. The number of carboxylic acid groups (broad SMARTS) is 1. The van der Waals surface area contributed by atoms with Gasteiger partial charge in [0.2, 0.25) is 5.36 Å². The van der Waals surface area contributed by atoms with Crippen LogP contribution in [0.1, 0.15) is 70.3 Å². The van der Waals surface area contributed by atoms with Gasteiger partial charge in [-0.1, -0.05) is 32.9 Å². The molecule has 2 heterocycles. The lowest BCUT2D eigenvalue weighted by Crippen LogP contribution is -2.35. The molecule has 2 aliphatic heterocycles. The van der Waals surface area contributed by atoms with Gasteiger partial charge in [-0.2, -0.15) is 25.3 Å². The summed E-state index contributed by atoms with van der Waals surface area (Å²) < 4.78 is 154. The van der Waals surface area contributed by atoms with Crippen molar-refractivity contribution >= 4 is 48.1 Å². The first-order chi connectivity index (χ1) is 35.9. The molecule has 25 heteroatoms. The van der Waals surface area contributed by atoms with Gasteiger partial charge >= 0.3 is 5.97 Å². The van der Waals surface area contributed by atoms with Gasteiger partial charge in [0.25, 0.3) is 30.4 Å². The van der Waals surface area contributed by atoms with Crippen molar-refractivity contribution < 1.29 is 91.1 Å². The summed E-state index contributed by atoms with van der Waals surface area (Å²) in [6.07, 6.45) is 5.99. The number of rotatable bonds is 38. The average molecular weight is 1130 g/mol. The quantitative estimate of drug-likeness (QED) is 0.0347. The van der Waals surface area contributed by atoms with Crippen molar-refractivity contribution in [2.24, 2.45) is 0 Å². The fourth-order valence-corrected chi connectivity index (χ4v) is 9.61. The highest BCUT2D eigenvalue weighted by molar-refractivity contribution is 7.86. The number of carbonyl (C=O) groups is 1. The molecule has 4 N–H and O–H groups in total. The summed E-state index contributed by atoms with van der Waals surface area (Å²) in [5, 5.41) is 9.42. The van der Waals surface area contributed by atoms with Crippen LogP contribution in [0.25, 0.3) is 17.4 Å². The normalized spacial score (nSPS) is 16.4. The van der Waals surface area contributed by atoms with Crippen molar-refractivity contribution in [1.29, 1.82) is 0 Å². The molecule has 0 amide bonds. The molecule has 0 saturated carbocycles. The topological polar surface area (TPSA) is 294 Å². The van der Waals surface area contributed by atoms with E-state index in [9.17, 15) is 43.7 Å². The van der Waals surface area contributed by atoms with Crippen LogP contribution in [0.5, 0.6) is 0 Å². The van der Waals surface area contributed by atoms with E-state index < -0.39 is 58.7 Å². The lowest BCUT2D eigenvalue weighted by atomic mass is 9.78. The van der Waals surface area contributed by atoms with Gasteiger partial charge < -0.3 is 52.3 Å². The van der Waals surface area contributed by atoms with Crippen LogP contribution >= 0.6 is 0 Å². The van der Waals surface area contributed by atoms with E-state index in [4.69, 9.17) is 47.4 Å². The summed E-state index contributed by atoms with van der Waals surface area (Å²) in [6, 6.07) is 11.8. The van der Waals surface area contributed by atoms with Gasteiger partial charge in [-0.3, -0.25) is 18.5 Å². The molecular weight excluding hydrogens is 1060 g/mol. The van der Waals surface area contributed by atoms with Gasteiger partial charge in [0, 0.05) is 60.5 Å². The lowest BCUT2D eigenvalue weighted by Gasteiger charge is -2.30. The van der Waals surface area contributed by atoms with Crippen molar-refractivity contribution in [1.82, 2.24) is 4.58 Å². The minimum absolute atomic E-state index is 0.0199. The summed E-state index contributed by atoms with van der Waals surface area (Å²) in [7, 11) is -11.6. The van der Waals surface area contributed by atoms with Crippen LogP contribution in [-0.2, 0) is 83.9 Å². The highest BCUT2D eigenvalue weighted by atomic mass is 32.2. The number of aliphatic carboxylic acids is 1. The molecule has 1 unspecified atom stereocenters. The van der Waals surface area contributed by atoms with Crippen molar-refractivity contribution in [2.75, 3.05) is 142 Å². The number of nitrogens with zero attached hydrogens (tertiary/aromatic N) is 2. The van der Waals surface area contributed by atoms with Crippen LogP contribution in [0.4, 0.5) is 5.69 Å². The van der Waals surface area contributed by atoms with Gasteiger partial charge in [-0.05, 0) is 67.3 Å². The molecule has 0 spiro atoms. The van der Waals surface area contributed by atoms with Crippen molar-refractivity contribution in [3.63, 3.8) is 0 Å². The van der Waals surface area contributed by atoms with E-state index in [0.717, 1.165) is 16.5 Å². The summed E-state index contributed by atoms with van der Waals surface area (Å²) in [5.74, 6) is -0.702. The molecule has 1 aromatic carbocycles.